The fourth-order valence-corrected chi connectivity index (χ4v) is 4.84. The second-order valence-corrected chi connectivity index (χ2v) is 8.11. The summed E-state index contributed by atoms with van der Waals surface area (Å²) in [5, 5.41) is 12.2. The van der Waals surface area contributed by atoms with E-state index in [0.717, 1.165) is 43.8 Å². The third-order valence-corrected chi connectivity index (χ3v) is 6.42. The molecule has 1 N–H and O–H groups in total. The number of ether oxygens (including phenoxy) is 1. The van der Waals surface area contributed by atoms with Crippen LogP contribution in [-0.2, 0) is 9.53 Å². The molecule has 142 valence electrons. The number of fused-ring (bicyclic) bond motifs is 3. The highest BCUT2D eigenvalue weighted by Crippen LogP contribution is 2.35. The Kier molecular flexibility index (Phi) is 5.41. The van der Waals surface area contributed by atoms with Gasteiger partial charge >= 0.3 is 5.97 Å². The number of aliphatic carboxylic acids is 1. The van der Waals surface area contributed by atoms with Gasteiger partial charge in [0.2, 0.25) is 0 Å². The summed E-state index contributed by atoms with van der Waals surface area (Å²) in [6.07, 6.45) is 0. The second kappa shape index (κ2) is 7.94. The van der Waals surface area contributed by atoms with Crippen molar-refractivity contribution in [2.45, 2.75) is 6.04 Å². The molecule has 1 aliphatic heterocycles. The lowest BCUT2D eigenvalue weighted by molar-refractivity contribution is -0.143. The predicted octanol–water partition coefficient (Wildman–Crippen LogP) is 3.44. The molecule has 0 amide bonds. The number of rotatable bonds is 6. The monoisotopic (exact) mass is 384 g/mol. The zero-order valence-corrected chi connectivity index (χ0v) is 16.2. The van der Waals surface area contributed by atoms with Crippen LogP contribution < -0.4 is 0 Å². The quantitative estimate of drug-likeness (QED) is 0.706. The summed E-state index contributed by atoms with van der Waals surface area (Å²) in [6, 6.07) is 13.7. The standard InChI is InChI=1S/C21H24N2O3S/c1-22(8-9-23-10-12-26-13-11-23)20(21(24)25)15-6-7-19-17(14-15)16-4-2-3-5-18(16)27-19/h2-7,14,20H,8-13H2,1H3,(H,24,25). The Morgan fingerprint density at radius 1 is 1.19 bits per heavy atom. The van der Waals surface area contributed by atoms with Gasteiger partial charge in [-0.1, -0.05) is 24.3 Å². The number of carboxylic acid groups (broad SMARTS) is 1. The van der Waals surface area contributed by atoms with Crippen LogP contribution in [0.25, 0.3) is 20.2 Å². The van der Waals surface area contributed by atoms with Crippen molar-refractivity contribution >= 4 is 37.5 Å². The van der Waals surface area contributed by atoms with Crippen molar-refractivity contribution < 1.29 is 14.6 Å². The minimum atomic E-state index is -0.807. The van der Waals surface area contributed by atoms with Gasteiger partial charge in [0, 0.05) is 46.4 Å². The first-order valence-electron chi connectivity index (χ1n) is 9.28. The molecular formula is C21H24N2O3S. The van der Waals surface area contributed by atoms with Crippen molar-refractivity contribution in [3.63, 3.8) is 0 Å². The van der Waals surface area contributed by atoms with Gasteiger partial charge in [-0.25, -0.2) is 0 Å². The Bertz CT molecular complexity index is 949. The van der Waals surface area contributed by atoms with Gasteiger partial charge in [0.15, 0.2) is 0 Å². The molecule has 1 saturated heterocycles. The normalized spacial score (nSPS) is 17.0. The van der Waals surface area contributed by atoms with Crippen LogP contribution in [0.2, 0.25) is 0 Å². The van der Waals surface area contributed by atoms with Crippen molar-refractivity contribution in [2.24, 2.45) is 0 Å². The Balaban J connectivity index is 1.59. The third-order valence-electron chi connectivity index (χ3n) is 5.26. The summed E-state index contributed by atoms with van der Waals surface area (Å²) < 4.78 is 7.81. The number of carbonyl (C=O) groups is 1. The molecule has 5 nitrogen and oxygen atoms in total. The summed E-state index contributed by atoms with van der Waals surface area (Å²) in [6.45, 7) is 4.91. The van der Waals surface area contributed by atoms with Crippen LogP contribution in [0.15, 0.2) is 42.5 Å². The minimum Gasteiger partial charge on any atom is -0.480 e. The zero-order valence-electron chi connectivity index (χ0n) is 15.4. The molecule has 1 fully saturated rings. The molecule has 0 saturated carbocycles. The van der Waals surface area contributed by atoms with Crippen molar-refractivity contribution in [2.75, 3.05) is 46.4 Å². The number of nitrogens with zero attached hydrogens (tertiary/aromatic N) is 2. The van der Waals surface area contributed by atoms with Crippen LogP contribution in [-0.4, -0.2) is 67.3 Å². The van der Waals surface area contributed by atoms with Gasteiger partial charge in [-0.3, -0.25) is 14.6 Å². The number of hydrogen-bond donors (Lipinski definition) is 1. The molecule has 2 heterocycles. The maximum Gasteiger partial charge on any atom is 0.325 e. The van der Waals surface area contributed by atoms with E-state index in [-0.39, 0.29) is 0 Å². The Morgan fingerprint density at radius 2 is 1.93 bits per heavy atom. The molecule has 4 rings (SSSR count). The fourth-order valence-electron chi connectivity index (χ4n) is 3.75. The number of thiophene rings is 1. The van der Waals surface area contributed by atoms with E-state index in [1.54, 1.807) is 11.3 Å². The van der Waals surface area contributed by atoms with Gasteiger partial charge in [-0.15, -0.1) is 11.3 Å². The van der Waals surface area contributed by atoms with E-state index in [1.807, 2.05) is 30.1 Å². The maximum absolute atomic E-state index is 12.1. The largest absolute Gasteiger partial charge is 0.480 e. The lowest BCUT2D eigenvalue weighted by Crippen LogP contribution is -2.42. The molecule has 1 unspecified atom stereocenters. The molecule has 27 heavy (non-hydrogen) atoms. The number of hydrogen-bond acceptors (Lipinski definition) is 5. The van der Waals surface area contributed by atoms with Crippen molar-refractivity contribution in [1.29, 1.82) is 0 Å². The molecule has 0 spiro atoms. The van der Waals surface area contributed by atoms with Crippen molar-refractivity contribution in [3.05, 3.63) is 48.0 Å². The first kappa shape index (κ1) is 18.4. The van der Waals surface area contributed by atoms with Crippen LogP contribution in [0, 0.1) is 0 Å². The first-order chi connectivity index (χ1) is 13.1. The number of benzene rings is 2. The molecule has 0 bridgehead atoms. The highest BCUT2D eigenvalue weighted by molar-refractivity contribution is 7.25. The maximum atomic E-state index is 12.1. The summed E-state index contributed by atoms with van der Waals surface area (Å²) in [5.41, 5.74) is 0.836. The number of carboxylic acids is 1. The highest BCUT2D eigenvalue weighted by atomic mass is 32.1. The van der Waals surface area contributed by atoms with E-state index in [1.165, 1.54) is 14.8 Å². The Morgan fingerprint density at radius 3 is 2.70 bits per heavy atom. The smallest absolute Gasteiger partial charge is 0.325 e. The average molecular weight is 385 g/mol. The predicted molar refractivity (Wildman–Crippen MR) is 110 cm³/mol. The molecule has 2 aromatic carbocycles. The van der Waals surface area contributed by atoms with E-state index in [2.05, 4.69) is 29.2 Å². The van der Waals surface area contributed by atoms with Crippen molar-refractivity contribution in [3.8, 4) is 0 Å². The number of likely N-dealkylation sites (N-methyl/N-ethyl adjacent to an activating group) is 1. The van der Waals surface area contributed by atoms with Crippen LogP contribution in [0.5, 0.6) is 0 Å². The van der Waals surface area contributed by atoms with Gasteiger partial charge < -0.3 is 9.84 Å². The molecule has 0 aliphatic carbocycles. The first-order valence-corrected chi connectivity index (χ1v) is 10.1. The van der Waals surface area contributed by atoms with Crippen LogP contribution in [0.4, 0.5) is 0 Å². The molecule has 1 aromatic heterocycles. The average Bonchev–Trinajstić information content (AvgIpc) is 3.05. The van der Waals surface area contributed by atoms with E-state index in [9.17, 15) is 9.90 Å². The number of morpholine rings is 1. The third kappa shape index (κ3) is 3.84. The summed E-state index contributed by atoms with van der Waals surface area (Å²) in [4.78, 5) is 16.3. The van der Waals surface area contributed by atoms with Gasteiger partial charge in [0.1, 0.15) is 6.04 Å². The lowest BCUT2D eigenvalue weighted by Gasteiger charge is -2.30. The zero-order chi connectivity index (χ0) is 18.8. The van der Waals surface area contributed by atoms with Crippen LogP contribution >= 0.6 is 11.3 Å². The van der Waals surface area contributed by atoms with Crippen LogP contribution in [0.1, 0.15) is 11.6 Å². The Labute approximate surface area is 162 Å². The topological polar surface area (TPSA) is 53.0 Å². The molecule has 3 aromatic rings. The van der Waals surface area contributed by atoms with E-state index >= 15 is 0 Å². The van der Waals surface area contributed by atoms with Gasteiger partial charge in [-0.05, 0) is 30.8 Å². The Hall–Kier alpha value is -1.99. The molecule has 6 heteroatoms. The lowest BCUT2D eigenvalue weighted by atomic mass is 10.0. The fraction of sp³-hybridized carbons (Fsp3) is 0.381. The van der Waals surface area contributed by atoms with Crippen molar-refractivity contribution in [1.82, 2.24) is 9.80 Å². The van der Waals surface area contributed by atoms with E-state index in [0.29, 0.717) is 6.54 Å². The molecule has 1 aliphatic rings. The summed E-state index contributed by atoms with van der Waals surface area (Å²) in [5.74, 6) is -0.807. The van der Waals surface area contributed by atoms with Gasteiger partial charge in [0.05, 0.1) is 13.2 Å². The SMILES string of the molecule is CN(CCN1CCOCC1)C(C(=O)O)c1ccc2sc3ccccc3c2c1. The summed E-state index contributed by atoms with van der Waals surface area (Å²) >= 11 is 1.75. The van der Waals surface area contributed by atoms with E-state index in [4.69, 9.17) is 4.74 Å². The molecule has 0 radical (unpaired) electrons. The van der Waals surface area contributed by atoms with Gasteiger partial charge in [-0.2, -0.15) is 0 Å². The highest BCUT2D eigenvalue weighted by Gasteiger charge is 2.26. The molecule has 1 atom stereocenters. The summed E-state index contributed by atoms with van der Waals surface area (Å²) in [7, 11) is 1.90. The molecular weight excluding hydrogens is 360 g/mol. The second-order valence-electron chi connectivity index (χ2n) is 7.03. The van der Waals surface area contributed by atoms with Gasteiger partial charge in [0.25, 0.3) is 0 Å². The minimum absolute atomic E-state index is 0.644. The van der Waals surface area contributed by atoms with Crippen LogP contribution in [0.3, 0.4) is 0 Å². The van der Waals surface area contributed by atoms with E-state index < -0.39 is 12.0 Å².